The molecule has 0 saturated heterocycles. The second-order valence-corrected chi connectivity index (χ2v) is 6.21. The zero-order valence-electron chi connectivity index (χ0n) is 15.5. The molecule has 0 aromatic heterocycles. The molecule has 2 aromatic rings. The number of esters is 1. The van der Waals surface area contributed by atoms with Gasteiger partial charge < -0.3 is 19.3 Å². The molecule has 7 nitrogen and oxygen atoms in total. The first-order valence-electron chi connectivity index (χ1n) is 8.95. The molecule has 2 aromatic carbocycles. The minimum Gasteiger partial charge on any atom is -0.485 e. The number of ether oxygens (including phenoxy) is 3. The number of carbonyl (C=O) groups is 1. The highest BCUT2D eigenvalue weighted by molar-refractivity contribution is 5.89. The Morgan fingerprint density at radius 3 is 2.03 bits per heavy atom. The van der Waals surface area contributed by atoms with Gasteiger partial charge in [0.05, 0.1) is 23.3 Å². The van der Waals surface area contributed by atoms with Crippen molar-refractivity contribution < 1.29 is 24.1 Å². The highest BCUT2D eigenvalue weighted by Crippen LogP contribution is 2.29. The van der Waals surface area contributed by atoms with Crippen molar-refractivity contribution in [3.8, 4) is 12.1 Å². The second-order valence-electron chi connectivity index (χ2n) is 6.21. The third-order valence-corrected chi connectivity index (χ3v) is 4.37. The number of hydrogen-bond acceptors (Lipinski definition) is 7. The van der Waals surface area contributed by atoms with Crippen LogP contribution in [0.4, 0.5) is 0 Å². The summed E-state index contributed by atoms with van der Waals surface area (Å²) in [6.07, 6.45) is -0.620. The number of nitrogens with zero attached hydrogens (tertiary/aromatic N) is 2. The molecule has 29 heavy (non-hydrogen) atoms. The van der Waals surface area contributed by atoms with Crippen LogP contribution in [0.25, 0.3) is 0 Å². The van der Waals surface area contributed by atoms with Crippen molar-refractivity contribution in [2.24, 2.45) is 0 Å². The second kappa shape index (κ2) is 9.41. The molecule has 1 aliphatic rings. The number of aliphatic hydroxyl groups is 1. The van der Waals surface area contributed by atoms with Gasteiger partial charge in [0.15, 0.2) is 11.9 Å². The molecule has 1 aliphatic heterocycles. The van der Waals surface area contributed by atoms with Gasteiger partial charge in [0.2, 0.25) is 5.76 Å². The summed E-state index contributed by atoms with van der Waals surface area (Å²) in [5.41, 5.74) is 2.17. The lowest BCUT2D eigenvalue weighted by Gasteiger charge is -2.14. The molecule has 146 valence electrons. The fraction of sp³-hybridized carbons (Fsp3) is 0.227. The van der Waals surface area contributed by atoms with Gasteiger partial charge >= 0.3 is 5.97 Å². The summed E-state index contributed by atoms with van der Waals surface area (Å²) in [5.74, 6) is -0.613. The Kier molecular flexibility index (Phi) is 6.47. The molecule has 7 heteroatoms. The first-order chi connectivity index (χ1) is 14.2. The number of nitriles is 2. The Bertz CT molecular complexity index is 1020. The lowest BCUT2D eigenvalue weighted by atomic mass is 10.1. The van der Waals surface area contributed by atoms with E-state index in [1.165, 1.54) is 0 Å². The first-order valence-corrected chi connectivity index (χ1v) is 8.95. The van der Waals surface area contributed by atoms with Gasteiger partial charge in [-0.15, -0.1) is 0 Å². The molecule has 0 spiro atoms. The van der Waals surface area contributed by atoms with E-state index in [1.54, 1.807) is 48.5 Å². The Morgan fingerprint density at radius 1 is 0.931 bits per heavy atom. The summed E-state index contributed by atoms with van der Waals surface area (Å²) in [6, 6.07) is 18.0. The fourth-order valence-corrected chi connectivity index (χ4v) is 2.89. The van der Waals surface area contributed by atoms with Gasteiger partial charge in [-0.3, -0.25) is 0 Å². The van der Waals surface area contributed by atoms with Gasteiger partial charge in [-0.25, -0.2) is 4.79 Å². The van der Waals surface area contributed by atoms with E-state index in [1.807, 2.05) is 0 Å². The summed E-state index contributed by atoms with van der Waals surface area (Å²) in [7, 11) is 0. The summed E-state index contributed by atoms with van der Waals surface area (Å²) >= 11 is 0. The van der Waals surface area contributed by atoms with Gasteiger partial charge in [-0.1, -0.05) is 36.4 Å². The molecule has 1 unspecified atom stereocenters. The predicted molar refractivity (Wildman–Crippen MR) is 101 cm³/mol. The van der Waals surface area contributed by atoms with Crippen LogP contribution in [0.2, 0.25) is 0 Å². The van der Waals surface area contributed by atoms with E-state index >= 15 is 0 Å². The predicted octanol–water partition coefficient (Wildman–Crippen LogP) is 2.68. The van der Waals surface area contributed by atoms with E-state index in [4.69, 9.17) is 14.2 Å². The zero-order valence-corrected chi connectivity index (χ0v) is 15.5. The molecular weight excluding hydrogens is 372 g/mol. The van der Waals surface area contributed by atoms with E-state index in [2.05, 4.69) is 12.1 Å². The highest BCUT2D eigenvalue weighted by Gasteiger charge is 2.37. The van der Waals surface area contributed by atoms with Crippen LogP contribution in [0.3, 0.4) is 0 Å². The summed E-state index contributed by atoms with van der Waals surface area (Å²) in [6.45, 7) is -0.176. The molecule has 3 rings (SSSR count). The Labute approximate surface area is 168 Å². The van der Waals surface area contributed by atoms with E-state index in [0.717, 1.165) is 0 Å². The summed E-state index contributed by atoms with van der Waals surface area (Å²) in [5, 5.41) is 27.7. The largest absolute Gasteiger partial charge is 0.485 e. The molecule has 1 N–H and O–H groups in total. The molecule has 0 bridgehead atoms. The topological polar surface area (TPSA) is 113 Å². The minimum atomic E-state index is -0.775. The quantitative estimate of drug-likeness (QED) is 0.690. The summed E-state index contributed by atoms with van der Waals surface area (Å²) < 4.78 is 16.7. The molecule has 0 fully saturated rings. The van der Waals surface area contributed by atoms with Gasteiger partial charge in [0.25, 0.3) is 0 Å². The van der Waals surface area contributed by atoms with Crippen molar-refractivity contribution in [3.05, 3.63) is 82.3 Å². The molecule has 0 saturated carbocycles. The van der Waals surface area contributed by atoms with Crippen molar-refractivity contribution in [1.29, 1.82) is 10.5 Å². The van der Waals surface area contributed by atoms with E-state index in [-0.39, 0.29) is 37.8 Å². The lowest BCUT2D eigenvalue weighted by molar-refractivity contribution is -0.143. The van der Waals surface area contributed by atoms with E-state index in [0.29, 0.717) is 22.3 Å². The zero-order chi connectivity index (χ0) is 20.6. The number of cyclic esters (lactones) is 1. The Balaban J connectivity index is 1.83. The van der Waals surface area contributed by atoms with Gasteiger partial charge in [-0.05, 0) is 12.1 Å². The standard InChI is InChI=1S/C22H18N2O5/c23-11-15-5-1-3-7-17(15)13-27-20-19(9-10-25)29-22(26)21(20)28-14-18-8-4-2-6-16(18)12-24/h1-8,19,25H,9-10,13-14H2. The average molecular weight is 390 g/mol. The molecular formula is C22H18N2O5. The van der Waals surface area contributed by atoms with Crippen molar-refractivity contribution >= 4 is 5.97 Å². The number of rotatable bonds is 8. The van der Waals surface area contributed by atoms with Crippen LogP contribution in [0.1, 0.15) is 28.7 Å². The van der Waals surface area contributed by atoms with E-state index < -0.39 is 12.1 Å². The number of aliphatic hydroxyl groups excluding tert-OH is 1. The highest BCUT2D eigenvalue weighted by atomic mass is 16.6. The number of hydrogen-bond donors (Lipinski definition) is 1. The van der Waals surface area contributed by atoms with E-state index in [9.17, 15) is 20.4 Å². The molecule has 1 atom stereocenters. The van der Waals surface area contributed by atoms with Crippen molar-refractivity contribution in [2.45, 2.75) is 25.7 Å². The van der Waals surface area contributed by atoms with Crippen LogP contribution in [0.5, 0.6) is 0 Å². The van der Waals surface area contributed by atoms with Crippen LogP contribution in [0, 0.1) is 22.7 Å². The van der Waals surface area contributed by atoms with Crippen LogP contribution < -0.4 is 0 Å². The number of carbonyl (C=O) groups excluding carboxylic acids is 1. The van der Waals surface area contributed by atoms with Gasteiger partial charge in [0, 0.05) is 24.2 Å². The van der Waals surface area contributed by atoms with Crippen LogP contribution in [-0.2, 0) is 32.2 Å². The fourth-order valence-electron chi connectivity index (χ4n) is 2.89. The van der Waals surface area contributed by atoms with Crippen LogP contribution in [-0.4, -0.2) is 23.8 Å². The third kappa shape index (κ3) is 4.55. The smallest absolute Gasteiger partial charge is 0.378 e. The SMILES string of the molecule is N#Cc1ccccc1COC1=C(OCc2ccccc2C#N)C(CCO)OC1=O. The lowest BCUT2D eigenvalue weighted by Crippen LogP contribution is -2.15. The monoisotopic (exact) mass is 390 g/mol. The maximum Gasteiger partial charge on any atom is 0.378 e. The Hall–Kier alpha value is -3.81. The minimum absolute atomic E-state index is 0.0122. The molecule has 1 heterocycles. The van der Waals surface area contributed by atoms with Gasteiger partial charge in [-0.2, -0.15) is 10.5 Å². The normalized spacial score (nSPS) is 15.4. The average Bonchev–Trinajstić information content (AvgIpc) is 3.05. The molecule has 0 aliphatic carbocycles. The summed E-state index contributed by atoms with van der Waals surface area (Å²) in [4.78, 5) is 12.3. The molecule has 0 amide bonds. The maximum atomic E-state index is 12.3. The first kappa shape index (κ1) is 19.9. The van der Waals surface area contributed by atoms with Crippen LogP contribution in [0.15, 0.2) is 60.0 Å². The Morgan fingerprint density at radius 2 is 1.48 bits per heavy atom. The van der Waals surface area contributed by atoms with Crippen LogP contribution >= 0.6 is 0 Å². The molecule has 0 radical (unpaired) electrons. The maximum absolute atomic E-state index is 12.3. The number of benzene rings is 2. The van der Waals surface area contributed by atoms with Crippen molar-refractivity contribution in [1.82, 2.24) is 0 Å². The third-order valence-electron chi connectivity index (χ3n) is 4.37. The van der Waals surface area contributed by atoms with Crippen molar-refractivity contribution in [3.63, 3.8) is 0 Å². The van der Waals surface area contributed by atoms with Gasteiger partial charge in [0.1, 0.15) is 13.2 Å². The van der Waals surface area contributed by atoms with Crippen molar-refractivity contribution in [2.75, 3.05) is 6.61 Å².